The van der Waals surface area contributed by atoms with Crippen molar-refractivity contribution in [3.8, 4) is 0 Å². The zero-order valence-corrected chi connectivity index (χ0v) is 25.7. The standard InChI is InChI=1S/C33H53N3O2S/c1-4-5-6-7-8-9-10-11-12-13-14-15-16-17-18-20-28(37)21-22-30-32(29-23-25-34-27-31(29)39-30)33(38)35-24-19-26-36(2)3/h8-9,11-12,21-22,34H,4-7,10,13-20,23-27H2,1-3H3,(H,35,38)/b9-8-,12-11-,22-21-. The van der Waals surface area contributed by atoms with E-state index in [9.17, 15) is 9.59 Å². The van der Waals surface area contributed by atoms with Crippen molar-refractivity contribution in [2.75, 3.05) is 33.7 Å². The summed E-state index contributed by atoms with van der Waals surface area (Å²) >= 11 is 1.65. The van der Waals surface area contributed by atoms with Crippen molar-refractivity contribution in [3.05, 3.63) is 51.3 Å². The lowest BCUT2D eigenvalue weighted by Crippen LogP contribution is -2.29. The summed E-state index contributed by atoms with van der Waals surface area (Å²) < 4.78 is 0. The number of hydrogen-bond donors (Lipinski definition) is 2. The van der Waals surface area contributed by atoms with Gasteiger partial charge in [0.05, 0.1) is 5.56 Å². The quantitative estimate of drug-likeness (QED) is 0.0938. The van der Waals surface area contributed by atoms with Gasteiger partial charge in [-0.3, -0.25) is 9.59 Å². The van der Waals surface area contributed by atoms with Gasteiger partial charge in [0.2, 0.25) is 0 Å². The van der Waals surface area contributed by atoms with Gasteiger partial charge < -0.3 is 15.5 Å². The minimum absolute atomic E-state index is 0.00558. The van der Waals surface area contributed by atoms with E-state index in [4.69, 9.17) is 0 Å². The first kappa shape index (κ1) is 33.2. The van der Waals surface area contributed by atoms with Gasteiger partial charge in [-0.15, -0.1) is 11.3 Å². The lowest BCUT2D eigenvalue weighted by molar-refractivity contribution is -0.114. The van der Waals surface area contributed by atoms with E-state index in [1.165, 1.54) is 49.8 Å². The second kappa shape index (κ2) is 20.8. The number of carbonyl (C=O) groups excluding carboxylic acids is 2. The molecule has 6 heteroatoms. The van der Waals surface area contributed by atoms with Gasteiger partial charge in [0.15, 0.2) is 5.78 Å². The molecule has 2 heterocycles. The molecular weight excluding hydrogens is 502 g/mol. The highest BCUT2D eigenvalue weighted by atomic mass is 32.1. The molecule has 0 aliphatic carbocycles. The first-order valence-corrected chi connectivity index (χ1v) is 16.1. The molecule has 0 radical (unpaired) electrons. The number of unbranched alkanes of at least 4 members (excludes halogenated alkanes) is 8. The number of fused-ring (bicyclic) bond motifs is 1. The van der Waals surface area contributed by atoms with E-state index in [0.717, 1.165) is 74.2 Å². The Morgan fingerprint density at radius 3 is 2.41 bits per heavy atom. The highest BCUT2D eigenvalue weighted by molar-refractivity contribution is 7.13. The second-order valence-corrected chi connectivity index (χ2v) is 12.0. The van der Waals surface area contributed by atoms with E-state index in [-0.39, 0.29) is 11.7 Å². The summed E-state index contributed by atoms with van der Waals surface area (Å²) in [6.45, 7) is 5.54. The van der Waals surface area contributed by atoms with E-state index >= 15 is 0 Å². The summed E-state index contributed by atoms with van der Waals surface area (Å²) in [5.41, 5.74) is 1.94. The van der Waals surface area contributed by atoms with Gasteiger partial charge >= 0.3 is 0 Å². The molecule has 1 amide bonds. The van der Waals surface area contributed by atoms with Crippen LogP contribution in [0.2, 0.25) is 0 Å². The van der Waals surface area contributed by atoms with Crippen LogP contribution >= 0.6 is 11.3 Å². The zero-order valence-electron chi connectivity index (χ0n) is 24.9. The average Bonchev–Trinajstić information content (AvgIpc) is 3.30. The SMILES string of the molecule is CCCCC/C=C\C/C=C\CCCCCCCC(=O)/C=C\c1sc2c(c1C(=O)NCCCN(C)C)CCNC2. The fourth-order valence-corrected chi connectivity index (χ4v) is 5.99. The number of amides is 1. The number of nitrogens with one attached hydrogen (secondary N) is 2. The highest BCUT2D eigenvalue weighted by Gasteiger charge is 2.24. The Morgan fingerprint density at radius 1 is 0.949 bits per heavy atom. The molecular formula is C33H53N3O2S. The molecule has 1 aliphatic heterocycles. The van der Waals surface area contributed by atoms with E-state index in [1.54, 1.807) is 17.4 Å². The van der Waals surface area contributed by atoms with Crippen LogP contribution in [0.5, 0.6) is 0 Å². The van der Waals surface area contributed by atoms with Crippen molar-refractivity contribution < 1.29 is 9.59 Å². The Labute approximate surface area is 242 Å². The van der Waals surface area contributed by atoms with Crippen molar-refractivity contribution in [2.24, 2.45) is 0 Å². The Kier molecular flexibility index (Phi) is 17.7. The number of carbonyl (C=O) groups is 2. The molecule has 0 bridgehead atoms. The minimum Gasteiger partial charge on any atom is -0.352 e. The predicted octanol–water partition coefficient (Wildman–Crippen LogP) is 7.47. The molecule has 2 rings (SSSR count). The lowest BCUT2D eigenvalue weighted by atomic mass is 10.0. The summed E-state index contributed by atoms with van der Waals surface area (Å²) in [5, 5.41) is 6.49. The largest absolute Gasteiger partial charge is 0.352 e. The van der Waals surface area contributed by atoms with Crippen molar-refractivity contribution in [3.63, 3.8) is 0 Å². The summed E-state index contributed by atoms with van der Waals surface area (Å²) in [5.74, 6) is 0.150. The molecule has 2 N–H and O–H groups in total. The van der Waals surface area contributed by atoms with Crippen LogP contribution in [-0.4, -0.2) is 50.3 Å². The Hall–Kier alpha value is -2.02. The van der Waals surface area contributed by atoms with Gasteiger partial charge in [0.25, 0.3) is 5.91 Å². The Morgan fingerprint density at radius 2 is 1.67 bits per heavy atom. The number of allylic oxidation sites excluding steroid dienone is 5. The van der Waals surface area contributed by atoms with Crippen LogP contribution in [0.25, 0.3) is 6.08 Å². The topological polar surface area (TPSA) is 61.4 Å². The van der Waals surface area contributed by atoms with E-state index in [0.29, 0.717) is 13.0 Å². The number of rotatable bonds is 21. The van der Waals surface area contributed by atoms with Gasteiger partial charge in [0, 0.05) is 29.3 Å². The smallest absolute Gasteiger partial charge is 0.253 e. The fourth-order valence-electron chi connectivity index (χ4n) is 4.77. The van der Waals surface area contributed by atoms with E-state index < -0.39 is 0 Å². The first-order chi connectivity index (χ1) is 19.0. The van der Waals surface area contributed by atoms with Gasteiger partial charge in [-0.1, -0.05) is 63.3 Å². The highest BCUT2D eigenvalue weighted by Crippen LogP contribution is 2.32. The van der Waals surface area contributed by atoms with Gasteiger partial charge in [-0.05, 0) is 96.3 Å². The molecule has 39 heavy (non-hydrogen) atoms. The third-order valence-corrected chi connectivity index (χ3v) is 8.24. The van der Waals surface area contributed by atoms with Crippen LogP contribution in [0.1, 0.15) is 116 Å². The van der Waals surface area contributed by atoms with Crippen LogP contribution in [-0.2, 0) is 17.8 Å². The number of nitrogens with zero attached hydrogens (tertiary/aromatic N) is 1. The molecule has 1 aromatic heterocycles. The Bertz CT molecular complexity index is 930. The molecule has 1 aromatic rings. The number of ketones is 1. The molecule has 0 fully saturated rings. The van der Waals surface area contributed by atoms with Crippen LogP contribution in [0.3, 0.4) is 0 Å². The van der Waals surface area contributed by atoms with Gasteiger partial charge in [-0.25, -0.2) is 0 Å². The van der Waals surface area contributed by atoms with E-state index in [1.807, 2.05) is 20.2 Å². The van der Waals surface area contributed by atoms with Gasteiger partial charge in [0.1, 0.15) is 0 Å². The van der Waals surface area contributed by atoms with Crippen LogP contribution in [0.15, 0.2) is 30.4 Å². The maximum absolute atomic E-state index is 13.1. The zero-order chi connectivity index (χ0) is 28.1. The summed E-state index contributed by atoms with van der Waals surface area (Å²) in [6.07, 6.45) is 28.1. The summed E-state index contributed by atoms with van der Waals surface area (Å²) in [4.78, 5) is 29.9. The molecule has 0 aromatic carbocycles. The summed E-state index contributed by atoms with van der Waals surface area (Å²) in [7, 11) is 4.08. The molecule has 0 saturated heterocycles. The van der Waals surface area contributed by atoms with Gasteiger partial charge in [-0.2, -0.15) is 0 Å². The van der Waals surface area contributed by atoms with Crippen LogP contribution in [0.4, 0.5) is 0 Å². The molecule has 0 saturated carbocycles. The molecule has 0 atom stereocenters. The molecule has 218 valence electrons. The fraction of sp³-hybridized carbons (Fsp3) is 0.636. The van der Waals surface area contributed by atoms with Crippen molar-refractivity contribution in [1.29, 1.82) is 0 Å². The maximum atomic E-state index is 13.1. The number of thiophene rings is 1. The summed E-state index contributed by atoms with van der Waals surface area (Å²) in [6, 6.07) is 0. The first-order valence-electron chi connectivity index (χ1n) is 15.3. The molecule has 1 aliphatic rings. The molecule has 0 spiro atoms. The predicted molar refractivity (Wildman–Crippen MR) is 169 cm³/mol. The van der Waals surface area contributed by atoms with Crippen LogP contribution < -0.4 is 10.6 Å². The second-order valence-electron chi connectivity index (χ2n) is 10.9. The monoisotopic (exact) mass is 555 g/mol. The minimum atomic E-state index is -0.00558. The van der Waals surface area contributed by atoms with Crippen molar-refractivity contribution in [2.45, 2.75) is 103 Å². The van der Waals surface area contributed by atoms with Crippen LogP contribution in [0, 0.1) is 0 Å². The van der Waals surface area contributed by atoms with Crippen molar-refractivity contribution in [1.82, 2.24) is 15.5 Å². The van der Waals surface area contributed by atoms with Crippen molar-refractivity contribution >= 4 is 29.1 Å². The lowest BCUT2D eigenvalue weighted by Gasteiger charge is -2.14. The molecule has 0 unspecified atom stereocenters. The third-order valence-electron chi connectivity index (χ3n) is 7.04. The normalized spacial score (nSPS) is 13.7. The molecule has 5 nitrogen and oxygen atoms in total. The third kappa shape index (κ3) is 14.3. The number of hydrogen-bond acceptors (Lipinski definition) is 5. The average molecular weight is 556 g/mol. The van der Waals surface area contributed by atoms with E-state index in [2.05, 4.69) is 46.8 Å². The maximum Gasteiger partial charge on any atom is 0.253 e. The Balaban J connectivity index is 1.66.